The van der Waals surface area contributed by atoms with E-state index >= 15 is 0 Å². The van der Waals surface area contributed by atoms with Crippen molar-refractivity contribution < 1.29 is 23.1 Å². The van der Waals surface area contributed by atoms with E-state index in [-0.39, 0.29) is 24.0 Å². The summed E-state index contributed by atoms with van der Waals surface area (Å²) in [5, 5.41) is 21.3. The fourth-order valence-electron chi connectivity index (χ4n) is 3.86. The zero-order chi connectivity index (χ0) is 29.1. The predicted octanol–water partition coefficient (Wildman–Crippen LogP) is 3.56. The van der Waals surface area contributed by atoms with Crippen LogP contribution in [0.2, 0.25) is 5.02 Å². The first kappa shape index (κ1) is 27.7. The fraction of sp³-hybridized carbons (Fsp3) is 0.154. The Morgan fingerprint density at radius 3 is 2.44 bits per heavy atom. The normalized spacial score (nSPS) is 12.3. The van der Waals surface area contributed by atoms with Crippen molar-refractivity contribution in [3.8, 4) is 17.1 Å². The molecule has 0 aliphatic rings. The molecule has 210 valence electrons. The van der Waals surface area contributed by atoms with Crippen molar-refractivity contribution in [2.24, 2.45) is 0 Å². The number of hydrogen-bond acceptors (Lipinski definition) is 7. The van der Waals surface area contributed by atoms with Crippen LogP contribution < -0.4 is 11.0 Å². The zero-order valence-electron chi connectivity index (χ0n) is 20.9. The summed E-state index contributed by atoms with van der Waals surface area (Å²) in [6, 6.07) is 17.8. The second-order valence-electron chi connectivity index (χ2n) is 8.74. The van der Waals surface area contributed by atoms with Gasteiger partial charge >= 0.3 is 11.9 Å². The van der Waals surface area contributed by atoms with Crippen LogP contribution in [0.5, 0.6) is 0 Å². The van der Waals surface area contributed by atoms with Crippen molar-refractivity contribution in [3.63, 3.8) is 0 Å². The minimum atomic E-state index is -4.95. The maximum atomic E-state index is 13.1. The van der Waals surface area contributed by atoms with Crippen LogP contribution in [0.1, 0.15) is 16.2 Å². The average Bonchev–Trinajstić information content (AvgIpc) is 3.54. The van der Waals surface area contributed by atoms with Crippen LogP contribution in [0.4, 0.5) is 19.0 Å². The quantitative estimate of drug-likeness (QED) is 0.285. The topological polar surface area (TPSA) is 133 Å². The summed E-state index contributed by atoms with van der Waals surface area (Å²) < 4.78 is 42.3. The molecular formula is C26H20ClF3N8O3. The number of hydrogen-bond donors (Lipinski definition) is 2. The Bertz CT molecular complexity index is 1730. The number of aromatic nitrogens is 7. The second-order valence-corrected chi connectivity index (χ2v) is 9.17. The van der Waals surface area contributed by atoms with Crippen LogP contribution in [0.25, 0.3) is 17.1 Å². The maximum absolute atomic E-state index is 13.1. The molecule has 1 atom stereocenters. The molecule has 0 unspecified atom stereocenters. The number of nitrogens with zero attached hydrogens (tertiary/aromatic N) is 7. The van der Waals surface area contributed by atoms with E-state index in [0.29, 0.717) is 21.8 Å². The summed E-state index contributed by atoms with van der Waals surface area (Å²) in [6.07, 6.45) is -4.92. The van der Waals surface area contributed by atoms with Gasteiger partial charge in [-0.05, 0) is 48.5 Å². The predicted molar refractivity (Wildman–Crippen MR) is 142 cm³/mol. The van der Waals surface area contributed by atoms with Crippen LogP contribution in [0.3, 0.4) is 0 Å². The van der Waals surface area contributed by atoms with Gasteiger partial charge in [-0.2, -0.15) is 13.2 Å². The third kappa shape index (κ3) is 6.18. The van der Waals surface area contributed by atoms with E-state index in [9.17, 15) is 27.9 Å². The minimum Gasteiger partial charge on any atom is -0.382 e. The highest BCUT2D eigenvalue weighted by molar-refractivity contribution is 6.30. The first-order valence-electron chi connectivity index (χ1n) is 12.0. The first-order chi connectivity index (χ1) is 19.6. The minimum absolute atomic E-state index is 0.0972. The number of carbonyl (C=O) groups excluding carboxylic acids is 1. The summed E-state index contributed by atoms with van der Waals surface area (Å²) in [7, 11) is 0. The highest BCUT2D eigenvalue weighted by Crippen LogP contribution is 2.24. The molecule has 3 heterocycles. The summed E-state index contributed by atoms with van der Waals surface area (Å²) in [5.41, 5.74) is 0.202. The molecule has 0 bridgehead atoms. The van der Waals surface area contributed by atoms with Crippen LogP contribution in [-0.2, 0) is 13.1 Å². The maximum Gasteiger partial charge on any atom is 0.416 e. The lowest BCUT2D eigenvalue weighted by Crippen LogP contribution is -2.37. The second kappa shape index (κ2) is 11.3. The van der Waals surface area contributed by atoms with Gasteiger partial charge < -0.3 is 10.4 Å². The lowest BCUT2D eigenvalue weighted by Gasteiger charge is -2.15. The van der Waals surface area contributed by atoms with E-state index in [2.05, 4.69) is 25.5 Å². The standard InChI is InChI=1S/C26H20ClF3N8O3/c27-18-10-8-16(9-11-18)23-35-37(25(41)36(23)13-20(39)26(28,29)30)14-21-32-15-38(34-21)19-7-4-12-31-22(19)33-24(40)17-5-2-1-3-6-17/h1-12,15,20,39H,13-14H2,(H,31,33,40)/t20-/m0/s1. The van der Waals surface area contributed by atoms with Crippen molar-refractivity contribution in [1.29, 1.82) is 0 Å². The number of alkyl halides is 3. The smallest absolute Gasteiger partial charge is 0.382 e. The van der Waals surface area contributed by atoms with Gasteiger partial charge in [0.05, 0.1) is 6.54 Å². The van der Waals surface area contributed by atoms with Crippen molar-refractivity contribution in [3.05, 3.63) is 106 Å². The van der Waals surface area contributed by atoms with Crippen molar-refractivity contribution in [2.45, 2.75) is 25.4 Å². The van der Waals surface area contributed by atoms with Crippen LogP contribution in [0, 0.1) is 0 Å². The number of aliphatic hydroxyl groups excluding tert-OH is 1. The highest BCUT2D eigenvalue weighted by atomic mass is 35.5. The van der Waals surface area contributed by atoms with Gasteiger partial charge in [-0.3, -0.25) is 9.36 Å². The molecule has 0 fully saturated rings. The molecule has 0 aliphatic carbocycles. The van der Waals surface area contributed by atoms with E-state index in [4.69, 9.17) is 11.6 Å². The molecule has 5 aromatic rings. The SMILES string of the molecule is O=C(Nc1ncccc1-n1cnc(Cn2nc(-c3ccc(Cl)cc3)n(C[C@H](O)C(F)(F)F)c2=O)n1)c1ccccc1. The number of carbonyl (C=O) groups is 1. The third-order valence-corrected chi connectivity index (χ3v) is 6.14. The Morgan fingerprint density at radius 2 is 1.73 bits per heavy atom. The van der Waals surface area contributed by atoms with Gasteiger partial charge in [-0.25, -0.2) is 24.1 Å². The molecule has 0 saturated heterocycles. The number of amides is 1. The number of pyridine rings is 1. The molecule has 11 nitrogen and oxygen atoms in total. The Labute approximate surface area is 234 Å². The Hall–Kier alpha value is -4.82. The first-order valence-corrected chi connectivity index (χ1v) is 12.4. The van der Waals surface area contributed by atoms with E-state index in [0.717, 1.165) is 9.25 Å². The molecule has 0 saturated carbocycles. The summed E-state index contributed by atoms with van der Waals surface area (Å²) in [5.74, 6) is -0.198. The molecule has 41 heavy (non-hydrogen) atoms. The van der Waals surface area contributed by atoms with Crippen molar-refractivity contribution >= 4 is 23.3 Å². The number of rotatable bonds is 8. The number of aliphatic hydroxyl groups is 1. The molecule has 2 aromatic carbocycles. The molecule has 3 aromatic heterocycles. The summed E-state index contributed by atoms with van der Waals surface area (Å²) >= 11 is 5.92. The van der Waals surface area contributed by atoms with Gasteiger partial charge in [-0.1, -0.05) is 29.8 Å². The number of benzene rings is 2. The van der Waals surface area contributed by atoms with Gasteiger partial charge in [0.25, 0.3) is 5.91 Å². The highest BCUT2D eigenvalue weighted by Gasteiger charge is 2.39. The third-order valence-electron chi connectivity index (χ3n) is 5.89. The van der Waals surface area contributed by atoms with Gasteiger partial charge in [0, 0.05) is 22.3 Å². The van der Waals surface area contributed by atoms with Gasteiger partial charge in [0.15, 0.2) is 23.6 Å². The molecule has 0 aliphatic heterocycles. The lowest BCUT2D eigenvalue weighted by molar-refractivity contribution is -0.207. The molecular weight excluding hydrogens is 565 g/mol. The fourth-order valence-corrected chi connectivity index (χ4v) is 3.99. The Kier molecular flexibility index (Phi) is 7.68. The average molecular weight is 585 g/mol. The number of halogens is 4. The molecule has 0 spiro atoms. The largest absolute Gasteiger partial charge is 0.416 e. The summed E-state index contributed by atoms with van der Waals surface area (Å²) in [4.78, 5) is 34.2. The summed E-state index contributed by atoms with van der Waals surface area (Å²) in [6.45, 7) is -1.37. The van der Waals surface area contributed by atoms with Crippen molar-refractivity contribution in [2.75, 3.05) is 5.32 Å². The molecule has 1 amide bonds. The van der Waals surface area contributed by atoms with Gasteiger partial charge in [-0.15, -0.1) is 10.2 Å². The molecule has 2 N–H and O–H groups in total. The van der Waals surface area contributed by atoms with E-state index in [1.165, 1.54) is 41.5 Å². The molecule has 15 heteroatoms. The van der Waals surface area contributed by atoms with Gasteiger partial charge in [0.2, 0.25) is 0 Å². The number of anilines is 1. The lowest BCUT2D eigenvalue weighted by atomic mass is 10.2. The number of nitrogens with one attached hydrogen (secondary N) is 1. The Morgan fingerprint density at radius 1 is 1.00 bits per heavy atom. The van der Waals surface area contributed by atoms with Crippen LogP contribution in [-0.4, -0.2) is 57.4 Å². The monoisotopic (exact) mass is 584 g/mol. The van der Waals surface area contributed by atoms with E-state index in [1.54, 1.807) is 42.5 Å². The van der Waals surface area contributed by atoms with Crippen molar-refractivity contribution in [1.82, 2.24) is 34.1 Å². The van der Waals surface area contributed by atoms with Gasteiger partial charge in [0.1, 0.15) is 18.6 Å². The van der Waals surface area contributed by atoms with E-state index < -0.39 is 30.4 Å². The molecule has 5 rings (SSSR count). The van der Waals surface area contributed by atoms with E-state index in [1.807, 2.05) is 0 Å². The zero-order valence-corrected chi connectivity index (χ0v) is 21.7. The van der Waals surface area contributed by atoms with Crippen LogP contribution >= 0.6 is 11.6 Å². The van der Waals surface area contributed by atoms with Crippen LogP contribution in [0.15, 0.2) is 84.0 Å². The molecule has 0 radical (unpaired) electrons. The Balaban J connectivity index is 1.44.